The fourth-order valence-electron chi connectivity index (χ4n) is 2.84. The van der Waals surface area contributed by atoms with E-state index in [-0.39, 0.29) is 18.6 Å². The van der Waals surface area contributed by atoms with E-state index in [0.29, 0.717) is 11.5 Å². The number of rotatable bonds is 10. The van der Waals surface area contributed by atoms with Gasteiger partial charge in [-0.3, -0.25) is 4.79 Å². The molecule has 0 radical (unpaired) electrons. The maximum atomic E-state index is 12.2. The SMILES string of the molecule is CCC[C@H](NC(=O)COC(=O)/C=C/c1ccc(OC)c(OC)c1)c1ccccc1. The molecule has 6 heteroatoms. The number of carbonyl (C=O) groups excluding carboxylic acids is 2. The average Bonchev–Trinajstić information content (AvgIpc) is 2.76. The van der Waals surface area contributed by atoms with Gasteiger partial charge in [0.2, 0.25) is 0 Å². The lowest BCUT2D eigenvalue weighted by Gasteiger charge is -2.18. The molecule has 0 heterocycles. The number of amides is 1. The van der Waals surface area contributed by atoms with Crippen molar-refractivity contribution in [1.29, 1.82) is 0 Å². The Morgan fingerprint density at radius 3 is 2.41 bits per heavy atom. The minimum atomic E-state index is -0.596. The summed E-state index contributed by atoms with van der Waals surface area (Å²) in [5, 5.41) is 2.92. The molecule has 0 fully saturated rings. The Balaban J connectivity index is 1.88. The Morgan fingerprint density at radius 2 is 1.76 bits per heavy atom. The molecule has 0 saturated carbocycles. The van der Waals surface area contributed by atoms with Crippen LogP contribution in [0.5, 0.6) is 11.5 Å². The van der Waals surface area contributed by atoms with Crippen LogP contribution in [0.3, 0.4) is 0 Å². The zero-order valence-corrected chi connectivity index (χ0v) is 17.0. The summed E-state index contributed by atoms with van der Waals surface area (Å²) >= 11 is 0. The van der Waals surface area contributed by atoms with Crippen LogP contribution >= 0.6 is 0 Å². The summed E-state index contributed by atoms with van der Waals surface area (Å²) in [5.74, 6) is 0.232. The van der Waals surface area contributed by atoms with Gasteiger partial charge in [-0.25, -0.2) is 4.79 Å². The molecule has 0 aliphatic carbocycles. The molecule has 1 atom stereocenters. The van der Waals surface area contributed by atoms with Gasteiger partial charge in [0.15, 0.2) is 18.1 Å². The molecule has 1 amide bonds. The summed E-state index contributed by atoms with van der Waals surface area (Å²) < 4.78 is 15.5. The van der Waals surface area contributed by atoms with E-state index in [1.54, 1.807) is 38.5 Å². The highest BCUT2D eigenvalue weighted by Gasteiger charge is 2.14. The fourth-order valence-corrected chi connectivity index (χ4v) is 2.84. The zero-order valence-electron chi connectivity index (χ0n) is 17.0. The van der Waals surface area contributed by atoms with Crippen molar-refractivity contribution in [3.05, 3.63) is 65.7 Å². The molecule has 154 valence electrons. The first kappa shape index (κ1) is 22.0. The molecule has 29 heavy (non-hydrogen) atoms. The van der Waals surface area contributed by atoms with Gasteiger partial charge < -0.3 is 19.5 Å². The molecule has 2 aromatic carbocycles. The van der Waals surface area contributed by atoms with Crippen LogP contribution in [-0.4, -0.2) is 32.7 Å². The third-order valence-electron chi connectivity index (χ3n) is 4.28. The molecule has 0 aliphatic rings. The predicted molar refractivity (Wildman–Crippen MR) is 112 cm³/mol. The third-order valence-corrected chi connectivity index (χ3v) is 4.28. The van der Waals surface area contributed by atoms with E-state index >= 15 is 0 Å². The zero-order chi connectivity index (χ0) is 21.1. The highest BCUT2D eigenvalue weighted by molar-refractivity contribution is 5.89. The molecular weight excluding hydrogens is 370 g/mol. The molecule has 2 rings (SSSR count). The van der Waals surface area contributed by atoms with Crippen LogP contribution < -0.4 is 14.8 Å². The highest BCUT2D eigenvalue weighted by Crippen LogP contribution is 2.28. The number of ether oxygens (including phenoxy) is 3. The van der Waals surface area contributed by atoms with Gasteiger partial charge in [0.1, 0.15) is 0 Å². The number of benzene rings is 2. The number of methoxy groups -OCH3 is 2. The number of hydrogen-bond donors (Lipinski definition) is 1. The molecule has 2 aromatic rings. The normalized spacial score (nSPS) is 11.7. The van der Waals surface area contributed by atoms with E-state index in [9.17, 15) is 9.59 Å². The van der Waals surface area contributed by atoms with Crippen LogP contribution in [-0.2, 0) is 14.3 Å². The maximum Gasteiger partial charge on any atom is 0.331 e. The molecule has 6 nitrogen and oxygen atoms in total. The molecule has 0 spiro atoms. The summed E-state index contributed by atoms with van der Waals surface area (Å²) in [4.78, 5) is 24.1. The van der Waals surface area contributed by atoms with Crippen molar-refractivity contribution in [2.75, 3.05) is 20.8 Å². The van der Waals surface area contributed by atoms with E-state index in [4.69, 9.17) is 14.2 Å². The van der Waals surface area contributed by atoms with Gasteiger partial charge in [-0.05, 0) is 35.8 Å². The molecule has 0 unspecified atom stereocenters. The number of carbonyl (C=O) groups is 2. The lowest BCUT2D eigenvalue weighted by Crippen LogP contribution is -2.32. The summed E-state index contributed by atoms with van der Waals surface area (Å²) in [6.07, 6.45) is 4.60. The van der Waals surface area contributed by atoms with Crippen molar-refractivity contribution in [2.45, 2.75) is 25.8 Å². The second-order valence-electron chi connectivity index (χ2n) is 6.37. The first-order valence-corrected chi connectivity index (χ1v) is 9.48. The van der Waals surface area contributed by atoms with Crippen LogP contribution in [0.2, 0.25) is 0 Å². The van der Waals surface area contributed by atoms with Gasteiger partial charge in [0.05, 0.1) is 20.3 Å². The van der Waals surface area contributed by atoms with Crippen molar-refractivity contribution in [3.8, 4) is 11.5 Å². The van der Waals surface area contributed by atoms with Crippen LogP contribution in [0.15, 0.2) is 54.6 Å². The number of esters is 1. The van der Waals surface area contributed by atoms with Crippen molar-refractivity contribution < 1.29 is 23.8 Å². The van der Waals surface area contributed by atoms with Crippen molar-refractivity contribution in [2.24, 2.45) is 0 Å². The highest BCUT2D eigenvalue weighted by atomic mass is 16.5. The Labute approximate surface area is 171 Å². The Morgan fingerprint density at radius 1 is 1.03 bits per heavy atom. The minimum absolute atomic E-state index is 0.102. The fraction of sp³-hybridized carbons (Fsp3) is 0.304. The van der Waals surface area contributed by atoms with Gasteiger partial charge in [0, 0.05) is 6.08 Å². The molecule has 0 aromatic heterocycles. The van der Waals surface area contributed by atoms with Gasteiger partial charge >= 0.3 is 5.97 Å². The minimum Gasteiger partial charge on any atom is -0.493 e. The van der Waals surface area contributed by atoms with E-state index in [1.165, 1.54) is 6.08 Å². The summed E-state index contributed by atoms with van der Waals surface area (Å²) in [6.45, 7) is 1.73. The van der Waals surface area contributed by atoms with E-state index < -0.39 is 5.97 Å². The Bertz CT molecular complexity index is 832. The molecular formula is C23H27NO5. The standard InChI is InChI=1S/C23H27NO5/c1-4-8-19(18-9-6-5-7-10-18)24-22(25)16-29-23(26)14-12-17-11-13-20(27-2)21(15-17)28-3/h5-7,9-15,19H,4,8,16H2,1-3H3,(H,24,25)/b14-12+/t19-/m0/s1. The second-order valence-corrected chi connectivity index (χ2v) is 6.37. The monoisotopic (exact) mass is 397 g/mol. The molecule has 0 aliphatic heterocycles. The Kier molecular flexibility index (Phi) is 8.76. The van der Waals surface area contributed by atoms with Gasteiger partial charge in [-0.2, -0.15) is 0 Å². The topological polar surface area (TPSA) is 73.9 Å². The predicted octanol–water partition coefficient (Wildman–Crippen LogP) is 3.92. The van der Waals surface area contributed by atoms with E-state index in [1.807, 2.05) is 30.3 Å². The first-order chi connectivity index (χ1) is 14.1. The Hall–Kier alpha value is -3.28. The van der Waals surface area contributed by atoms with Crippen molar-refractivity contribution in [3.63, 3.8) is 0 Å². The molecule has 1 N–H and O–H groups in total. The van der Waals surface area contributed by atoms with Crippen molar-refractivity contribution in [1.82, 2.24) is 5.32 Å². The van der Waals surface area contributed by atoms with Gasteiger partial charge in [-0.1, -0.05) is 49.7 Å². The number of nitrogens with one attached hydrogen (secondary N) is 1. The second kappa shape index (κ2) is 11.5. The lowest BCUT2D eigenvalue weighted by atomic mass is 10.0. The van der Waals surface area contributed by atoms with Crippen LogP contribution in [0.25, 0.3) is 6.08 Å². The summed E-state index contributed by atoms with van der Waals surface area (Å²) in [6, 6.07) is 14.9. The van der Waals surface area contributed by atoms with Crippen molar-refractivity contribution >= 4 is 18.0 Å². The lowest BCUT2D eigenvalue weighted by molar-refractivity contribution is -0.144. The maximum absolute atomic E-state index is 12.2. The molecule has 0 bridgehead atoms. The smallest absolute Gasteiger partial charge is 0.331 e. The molecule has 0 saturated heterocycles. The average molecular weight is 397 g/mol. The van der Waals surface area contributed by atoms with Gasteiger partial charge in [0.25, 0.3) is 5.91 Å². The first-order valence-electron chi connectivity index (χ1n) is 9.48. The largest absolute Gasteiger partial charge is 0.493 e. The summed E-state index contributed by atoms with van der Waals surface area (Å²) in [7, 11) is 3.10. The van der Waals surface area contributed by atoms with Crippen LogP contribution in [0.4, 0.5) is 0 Å². The number of hydrogen-bond acceptors (Lipinski definition) is 5. The van der Waals surface area contributed by atoms with Gasteiger partial charge in [-0.15, -0.1) is 0 Å². The quantitative estimate of drug-likeness (QED) is 0.486. The third kappa shape index (κ3) is 6.99. The van der Waals surface area contributed by atoms with Crippen LogP contribution in [0, 0.1) is 0 Å². The summed E-state index contributed by atoms with van der Waals surface area (Å²) in [5.41, 5.74) is 1.78. The van der Waals surface area contributed by atoms with E-state index in [2.05, 4.69) is 12.2 Å². The van der Waals surface area contributed by atoms with Crippen LogP contribution in [0.1, 0.15) is 36.9 Å². The van der Waals surface area contributed by atoms with E-state index in [0.717, 1.165) is 24.0 Å².